The quantitative estimate of drug-likeness (QED) is 0.922. The maximum absolute atomic E-state index is 5.74. The molecule has 18 heavy (non-hydrogen) atoms. The van der Waals surface area contributed by atoms with Crippen molar-refractivity contribution in [2.75, 3.05) is 23.7 Å². The van der Waals surface area contributed by atoms with Crippen molar-refractivity contribution in [2.45, 2.75) is 39.0 Å². The van der Waals surface area contributed by atoms with Crippen LogP contribution in [0.1, 0.15) is 39.0 Å². The lowest BCUT2D eigenvalue weighted by atomic mass is 9.96. The predicted molar refractivity (Wildman–Crippen MR) is 80.8 cm³/mol. The maximum atomic E-state index is 5.74. The fraction of sp³-hybridized carbons (Fsp3) is 0.643. The Bertz CT molecular complexity index is 395. The molecule has 1 atom stereocenters. The van der Waals surface area contributed by atoms with Crippen LogP contribution in [0.4, 0.5) is 11.5 Å². The zero-order chi connectivity index (χ0) is 13.0. The minimum Gasteiger partial charge on any atom is -0.397 e. The highest BCUT2D eigenvalue weighted by Crippen LogP contribution is 2.29. The molecule has 1 saturated heterocycles. The number of pyridine rings is 1. The Kier molecular flexibility index (Phi) is 4.87. The third-order valence-corrected chi connectivity index (χ3v) is 4.27. The summed E-state index contributed by atoms with van der Waals surface area (Å²) >= 11 is 3.57. The molecule has 2 rings (SSSR count). The minimum absolute atomic E-state index is 0.712. The van der Waals surface area contributed by atoms with Gasteiger partial charge in [-0.2, -0.15) is 0 Å². The molecule has 1 fully saturated rings. The zero-order valence-electron chi connectivity index (χ0n) is 11.0. The van der Waals surface area contributed by atoms with E-state index in [1.165, 1.54) is 32.1 Å². The second kappa shape index (κ2) is 6.41. The standard InChI is InChI=1S/C14H22BrN3/c1-2-4-11-5-3-7-18(8-6-11)14-13(15)9-12(16)10-17-14/h9-11H,2-8,16H2,1H3. The van der Waals surface area contributed by atoms with Gasteiger partial charge in [-0.25, -0.2) is 4.98 Å². The van der Waals surface area contributed by atoms with Gasteiger partial charge in [0.05, 0.1) is 16.4 Å². The SMILES string of the molecule is CCCC1CCCN(c2ncc(N)cc2Br)CC1. The molecule has 0 amide bonds. The number of hydrogen-bond donors (Lipinski definition) is 1. The van der Waals surface area contributed by atoms with E-state index in [1.54, 1.807) is 6.20 Å². The molecule has 1 aromatic rings. The van der Waals surface area contributed by atoms with Gasteiger partial charge in [-0.3, -0.25) is 0 Å². The first-order valence-corrected chi connectivity index (χ1v) is 7.66. The van der Waals surface area contributed by atoms with Gasteiger partial charge in [-0.05, 0) is 47.2 Å². The molecule has 1 aromatic heterocycles. The summed E-state index contributed by atoms with van der Waals surface area (Å²) in [5.74, 6) is 1.94. The van der Waals surface area contributed by atoms with Gasteiger partial charge in [0, 0.05) is 13.1 Å². The number of rotatable bonds is 3. The number of nitrogen functional groups attached to an aromatic ring is 1. The number of hydrogen-bond acceptors (Lipinski definition) is 3. The smallest absolute Gasteiger partial charge is 0.143 e. The minimum atomic E-state index is 0.712. The van der Waals surface area contributed by atoms with Crippen LogP contribution in [0.5, 0.6) is 0 Å². The molecular formula is C14H22BrN3. The summed E-state index contributed by atoms with van der Waals surface area (Å²) < 4.78 is 1.01. The van der Waals surface area contributed by atoms with Gasteiger partial charge in [0.1, 0.15) is 5.82 Å². The Morgan fingerprint density at radius 3 is 3.00 bits per heavy atom. The van der Waals surface area contributed by atoms with E-state index in [-0.39, 0.29) is 0 Å². The zero-order valence-corrected chi connectivity index (χ0v) is 12.6. The third kappa shape index (κ3) is 3.37. The summed E-state index contributed by atoms with van der Waals surface area (Å²) in [6, 6.07) is 1.94. The van der Waals surface area contributed by atoms with Crippen LogP contribution in [0.15, 0.2) is 16.7 Å². The number of anilines is 2. The van der Waals surface area contributed by atoms with Crippen LogP contribution in [0, 0.1) is 5.92 Å². The van der Waals surface area contributed by atoms with Crippen molar-refractivity contribution < 1.29 is 0 Å². The van der Waals surface area contributed by atoms with E-state index in [9.17, 15) is 0 Å². The molecule has 0 spiro atoms. The van der Waals surface area contributed by atoms with Crippen molar-refractivity contribution in [1.82, 2.24) is 4.98 Å². The third-order valence-electron chi connectivity index (χ3n) is 3.69. The van der Waals surface area contributed by atoms with Gasteiger partial charge in [0.15, 0.2) is 0 Å². The molecule has 0 aromatic carbocycles. The number of nitrogens with zero attached hydrogens (tertiary/aromatic N) is 2. The van der Waals surface area contributed by atoms with Crippen molar-refractivity contribution in [3.8, 4) is 0 Å². The van der Waals surface area contributed by atoms with E-state index in [1.807, 2.05) is 6.07 Å². The lowest BCUT2D eigenvalue weighted by Gasteiger charge is -2.23. The first kappa shape index (κ1) is 13.7. The largest absolute Gasteiger partial charge is 0.397 e. The molecular weight excluding hydrogens is 290 g/mol. The van der Waals surface area contributed by atoms with E-state index < -0.39 is 0 Å². The average molecular weight is 312 g/mol. The average Bonchev–Trinajstić information content (AvgIpc) is 2.55. The number of aromatic nitrogens is 1. The first-order valence-electron chi connectivity index (χ1n) is 6.86. The molecule has 2 heterocycles. The molecule has 4 heteroatoms. The van der Waals surface area contributed by atoms with Crippen molar-refractivity contribution >= 4 is 27.4 Å². The second-order valence-electron chi connectivity index (χ2n) is 5.15. The van der Waals surface area contributed by atoms with Crippen molar-refractivity contribution in [2.24, 2.45) is 5.92 Å². The Labute approximate surface area is 118 Å². The van der Waals surface area contributed by atoms with Crippen molar-refractivity contribution in [1.29, 1.82) is 0 Å². The van der Waals surface area contributed by atoms with Crippen LogP contribution in [-0.2, 0) is 0 Å². The Balaban J connectivity index is 2.05. The summed E-state index contributed by atoms with van der Waals surface area (Å²) in [4.78, 5) is 6.86. The van der Waals surface area contributed by atoms with Gasteiger partial charge in [-0.15, -0.1) is 0 Å². The lowest BCUT2D eigenvalue weighted by molar-refractivity contribution is 0.435. The second-order valence-corrected chi connectivity index (χ2v) is 6.00. The van der Waals surface area contributed by atoms with E-state index in [0.29, 0.717) is 5.69 Å². The summed E-state index contributed by atoms with van der Waals surface area (Å²) in [6.07, 6.45) is 8.32. The van der Waals surface area contributed by atoms with Crippen LogP contribution >= 0.6 is 15.9 Å². The van der Waals surface area contributed by atoms with Crippen LogP contribution in [-0.4, -0.2) is 18.1 Å². The fourth-order valence-corrected chi connectivity index (χ4v) is 3.37. The predicted octanol–water partition coefficient (Wildman–Crippen LogP) is 3.83. The van der Waals surface area contributed by atoms with Crippen LogP contribution in [0.2, 0.25) is 0 Å². The summed E-state index contributed by atoms with van der Waals surface area (Å²) in [6.45, 7) is 4.50. The highest BCUT2D eigenvalue weighted by atomic mass is 79.9. The van der Waals surface area contributed by atoms with Gasteiger partial charge in [0.2, 0.25) is 0 Å². The van der Waals surface area contributed by atoms with Crippen molar-refractivity contribution in [3.05, 3.63) is 16.7 Å². The topological polar surface area (TPSA) is 42.2 Å². The highest BCUT2D eigenvalue weighted by Gasteiger charge is 2.18. The maximum Gasteiger partial charge on any atom is 0.143 e. The van der Waals surface area contributed by atoms with Crippen LogP contribution in [0.25, 0.3) is 0 Å². The van der Waals surface area contributed by atoms with Crippen molar-refractivity contribution in [3.63, 3.8) is 0 Å². The number of nitrogens with two attached hydrogens (primary N) is 1. The molecule has 0 saturated carbocycles. The molecule has 0 aliphatic carbocycles. The normalized spacial score (nSPS) is 20.8. The van der Waals surface area contributed by atoms with E-state index >= 15 is 0 Å². The van der Waals surface area contributed by atoms with E-state index in [2.05, 4.69) is 32.7 Å². The molecule has 0 radical (unpaired) electrons. The summed E-state index contributed by atoms with van der Waals surface area (Å²) in [5, 5.41) is 0. The first-order chi connectivity index (χ1) is 8.70. The van der Waals surface area contributed by atoms with Crippen LogP contribution in [0.3, 0.4) is 0 Å². The van der Waals surface area contributed by atoms with E-state index in [4.69, 9.17) is 5.73 Å². The van der Waals surface area contributed by atoms with Gasteiger partial charge >= 0.3 is 0 Å². The lowest BCUT2D eigenvalue weighted by Crippen LogP contribution is -2.25. The molecule has 100 valence electrons. The van der Waals surface area contributed by atoms with Crippen LogP contribution < -0.4 is 10.6 Å². The number of halogens is 1. The molecule has 3 nitrogen and oxygen atoms in total. The summed E-state index contributed by atoms with van der Waals surface area (Å²) in [5.41, 5.74) is 6.45. The van der Waals surface area contributed by atoms with Gasteiger partial charge in [0.25, 0.3) is 0 Å². The fourth-order valence-electron chi connectivity index (χ4n) is 2.75. The molecule has 1 aliphatic heterocycles. The molecule has 1 unspecified atom stereocenters. The van der Waals surface area contributed by atoms with Gasteiger partial charge < -0.3 is 10.6 Å². The summed E-state index contributed by atoms with van der Waals surface area (Å²) in [7, 11) is 0. The molecule has 1 aliphatic rings. The Morgan fingerprint density at radius 1 is 1.44 bits per heavy atom. The van der Waals surface area contributed by atoms with Gasteiger partial charge in [-0.1, -0.05) is 19.8 Å². The molecule has 2 N–H and O–H groups in total. The monoisotopic (exact) mass is 311 g/mol. The molecule has 0 bridgehead atoms. The highest BCUT2D eigenvalue weighted by molar-refractivity contribution is 9.10. The Hall–Kier alpha value is -0.770. The Morgan fingerprint density at radius 2 is 2.28 bits per heavy atom. The van der Waals surface area contributed by atoms with E-state index in [0.717, 1.165) is 29.3 Å².